The van der Waals surface area contributed by atoms with Gasteiger partial charge >= 0.3 is 0 Å². The van der Waals surface area contributed by atoms with Gasteiger partial charge in [0.05, 0.1) is 19.3 Å². The van der Waals surface area contributed by atoms with Crippen molar-refractivity contribution in [1.82, 2.24) is 5.32 Å². The molecule has 0 unspecified atom stereocenters. The van der Waals surface area contributed by atoms with Crippen molar-refractivity contribution in [3.8, 4) is 11.5 Å². The lowest BCUT2D eigenvalue weighted by atomic mass is 10.1. The molecule has 0 aliphatic rings. The number of aromatic hydroxyl groups is 1. The molecule has 0 bridgehead atoms. The highest BCUT2D eigenvalue weighted by atomic mass is 16.5. The van der Waals surface area contributed by atoms with Gasteiger partial charge in [0.15, 0.2) is 0 Å². The van der Waals surface area contributed by atoms with E-state index in [9.17, 15) is 15.0 Å². The van der Waals surface area contributed by atoms with Crippen LogP contribution in [0, 0.1) is 6.92 Å². The quantitative estimate of drug-likeness (QED) is 0.571. The number of ether oxygens (including phenoxy) is 1. The summed E-state index contributed by atoms with van der Waals surface area (Å²) in [5.41, 5.74) is 2.11. The van der Waals surface area contributed by atoms with Crippen molar-refractivity contribution >= 4 is 5.91 Å². The second-order valence-corrected chi connectivity index (χ2v) is 6.44. The van der Waals surface area contributed by atoms with Gasteiger partial charge in [-0.3, -0.25) is 4.79 Å². The van der Waals surface area contributed by atoms with E-state index in [4.69, 9.17) is 4.74 Å². The first-order valence-electron chi connectivity index (χ1n) is 8.94. The van der Waals surface area contributed by atoms with E-state index in [0.717, 1.165) is 29.7 Å². The molecule has 5 heteroatoms. The molecule has 0 fully saturated rings. The maximum absolute atomic E-state index is 12.0. The second-order valence-electron chi connectivity index (χ2n) is 6.44. The SMILES string of the molecule is Cc1cccc(OCCCCC(=O)N[C@H](CO)Cc2ccc(O)cc2)c1. The number of benzene rings is 2. The number of carbonyl (C=O) groups excluding carboxylic acids is 1. The summed E-state index contributed by atoms with van der Waals surface area (Å²) in [4.78, 5) is 12.0. The minimum absolute atomic E-state index is 0.0709. The number of amides is 1. The van der Waals surface area contributed by atoms with E-state index >= 15 is 0 Å². The third-order valence-corrected chi connectivity index (χ3v) is 4.06. The molecule has 26 heavy (non-hydrogen) atoms. The molecule has 140 valence electrons. The number of phenolic OH excluding ortho intramolecular Hbond substituents is 1. The Morgan fingerprint density at radius 3 is 2.62 bits per heavy atom. The first-order chi connectivity index (χ1) is 12.6. The molecule has 2 rings (SSSR count). The number of hydrogen-bond donors (Lipinski definition) is 3. The van der Waals surface area contributed by atoms with Crippen LogP contribution < -0.4 is 10.1 Å². The molecule has 0 radical (unpaired) electrons. The zero-order chi connectivity index (χ0) is 18.8. The molecule has 1 amide bonds. The fraction of sp³-hybridized carbons (Fsp3) is 0.381. The number of aliphatic hydroxyl groups excluding tert-OH is 1. The Balaban J connectivity index is 1.64. The summed E-state index contributed by atoms with van der Waals surface area (Å²) >= 11 is 0. The average molecular weight is 357 g/mol. The summed E-state index contributed by atoms with van der Waals surface area (Å²) in [5, 5.41) is 21.6. The lowest BCUT2D eigenvalue weighted by Crippen LogP contribution is -2.39. The predicted molar refractivity (Wildman–Crippen MR) is 101 cm³/mol. The minimum atomic E-state index is -0.324. The van der Waals surface area contributed by atoms with Crippen molar-refractivity contribution in [1.29, 1.82) is 0 Å². The maximum atomic E-state index is 12.0. The van der Waals surface area contributed by atoms with Crippen LogP contribution in [0.5, 0.6) is 11.5 Å². The van der Waals surface area contributed by atoms with Crippen LogP contribution in [0.3, 0.4) is 0 Å². The third kappa shape index (κ3) is 7.15. The second kappa shape index (κ2) is 10.5. The third-order valence-electron chi connectivity index (χ3n) is 4.06. The summed E-state index contributed by atoms with van der Waals surface area (Å²) in [5.74, 6) is 0.980. The molecule has 0 aliphatic carbocycles. The summed E-state index contributed by atoms with van der Waals surface area (Å²) in [6, 6.07) is 14.3. The van der Waals surface area contributed by atoms with Crippen molar-refractivity contribution in [3.63, 3.8) is 0 Å². The number of aliphatic hydroxyl groups is 1. The summed E-state index contributed by atoms with van der Waals surface area (Å²) in [7, 11) is 0. The smallest absolute Gasteiger partial charge is 0.220 e. The summed E-state index contributed by atoms with van der Waals surface area (Å²) in [6.45, 7) is 2.48. The minimum Gasteiger partial charge on any atom is -0.508 e. The standard InChI is InChI=1S/C21H27NO4/c1-16-5-4-6-20(13-16)26-12-3-2-7-21(25)22-18(15-23)14-17-8-10-19(24)11-9-17/h4-6,8-11,13,18,23-24H,2-3,7,12,14-15H2,1H3,(H,22,25)/t18-/m0/s1. The summed E-state index contributed by atoms with van der Waals surface area (Å²) < 4.78 is 5.67. The maximum Gasteiger partial charge on any atom is 0.220 e. The number of aryl methyl sites for hydroxylation is 1. The van der Waals surface area contributed by atoms with Crippen LogP contribution in [0.25, 0.3) is 0 Å². The van der Waals surface area contributed by atoms with Crippen molar-refractivity contribution in [2.45, 2.75) is 38.6 Å². The fourth-order valence-electron chi connectivity index (χ4n) is 2.66. The zero-order valence-electron chi connectivity index (χ0n) is 15.1. The number of rotatable bonds is 10. The van der Waals surface area contributed by atoms with E-state index in [0.29, 0.717) is 19.4 Å². The van der Waals surface area contributed by atoms with Gasteiger partial charge in [0, 0.05) is 6.42 Å². The monoisotopic (exact) mass is 357 g/mol. The van der Waals surface area contributed by atoms with Gasteiger partial charge in [-0.15, -0.1) is 0 Å². The molecular weight excluding hydrogens is 330 g/mol. The van der Waals surface area contributed by atoms with Gasteiger partial charge in [0.2, 0.25) is 5.91 Å². The number of phenols is 1. The van der Waals surface area contributed by atoms with Crippen LogP contribution in [0.2, 0.25) is 0 Å². The Morgan fingerprint density at radius 2 is 1.92 bits per heavy atom. The zero-order valence-corrected chi connectivity index (χ0v) is 15.1. The highest BCUT2D eigenvalue weighted by molar-refractivity contribution is 5.76. The first kappa shape index (κ1) is 19.8. The van der Waals surface area contributed by atoms with E-state index in [-0.39, 0.29) is 24.3 Å². The lowest BCUT2D eigenvalue weighted by Gasteiger charge is -2.16. The van der Waals surface area contributed by atoms with Gasteiger partial charge in [-0.25, -0.2) is 0 Å². The van der Waals surface area contributed by atoms with E-state index in [1.165, 1.54) is 0 Å². The van der Waals surface area contributed by atoms with Gasteiger partial charge in [-0.05, 0) is 61.6 Å². The van der Waals surface area contributed by atoms with Gasteiger partial charge in [-0.1, -0.05) is 24.3 Å². The Hall–Kier alpha value is -2.53. The molecule has 0 saturated carbocycles. The molecule has 2 aromatic carbocycles. The molecule has 0 aliphatic heterocycles. The Bertz CT molecular complexity index is 685. The molecular formula is C21H27NO4. The van der Waals surface area contributed by atoms with Crippen LogP contribution in [-0.2, 0) is 11.2 Å². The van der Waals surface area contributed by atoms with Crippen molar-refractivity contribution in [2.75, 3.05) is 13.2 Å². The van der Waals surface area contributed by atoms with Crippen molar-refractivity contribution < 1.29 is 19.7 Å². The largest absolute Gasteiger partial charge is 0.508 e. The average Bonchev–Trinajstić information content (AvgIpc) is 2.62. The molecule has 1 atom stereocenters. The Labute approximate surface area is 154 Å². The molecule has 5 nitrogen and oxygen atoms in total. The molecule has 2 aromatic rings. The first-order valence-corrected chi connectivity index (χ1v) is 8.94. The molecule has 0 spiro atoms. The fourth-order valence-corrected chi connectivity index (χ4v) is 2.66. The molecule has 0 aromatic heterocycles. The van der Waals surface area contributed by atoms with E-state index in [1.807, 2.05) is 31.2 Å². The molecule has 3 N–H and O–H groups in total. The van der Waals surface area contributed by atoms with Crippen LogP contribution in [0.4, 0.5) is 0 Å². The highest BCUT2D eigenvalue weighted by Gasteiger charge is 2.12. The van der Waals surface area contributed by atoms with Crippen molar-refractivity contribution in [3.05, 3.63) is 59.7 Å². The van der Waals surface area contributed by atoms with Gasteiger partial charge in [-0.2, -0.15) is 0 Å². The van der Waals surface area contributed by atoms with E-state index < -0.39 is 0 Å². The number of carbonyl (C=O) groups is 1. The molecule has 0 heterocycles. The van der Waals surface area contributed by atoms with Crippen LogP contribution in [0.1, 0.15) is 30.4 Å². The predicted octanol–water partition coefficient (Wildman–Crippen LogP) is 2.97. The number of hydrogen-bond acceptors (Lipinski definition) is 4. The van der Waals surface area contributed by atoms with Crippen LogP contribution >= 0.6 is 0 Å². The van der Waals surface area contributed by atoms with E-state index in [2.05, 4.69) is 5.32 Å². The summed E-state index contributed by atoms with van der Waals surface area (Å²) in [6.07, 6.45) is 2.46. The lowest BCUT2D eigenvalue weighted by molar-refractivity contribution is -0.122. The van der Waals surface area contributed by atoms with Gasteiger partial charge in [0.1, 0.15) is 11.5 Å². The van der Waals surface area contributed by atoms with Gasteiger partial charge in [0.25, 0.3) is 0 Å². The van der Waals surface area contributed by atoms with E-state index in [1.54, 1.807) is 24.3 Å². The Morgan fingerprint density at radius 1 is 1.15 bits per heavy atom. The van der Waals surface area contributed by atoms with Crippen LogP contribution in [-0.4, -0.2) is 35.4 Å². The highest BCUT2D eigenvalue weighted by Crippen LogP contribution is 2.13. The Kier molecular flexibility index (Phi) is 7.96. The number of nitrogens with one attached hydrogen (secondary N) is 1. The van der Waals surface area contributed by atoms with Crippen LogP contribution in [0.15, 0.2) is 48.5 Å². The van der Waals surface area contributed by atoms with Gasteiger partial charge < -0.3 is 20.3 Å². The number of unbranched alkanes of at least 4 members (excludes halogenated alkanes) is 1. The molecule has 0 saturated heterocycles. The normalized spacial score (nSPS) is 11.8. The van der Waals surface area contributed by atoms with Crippen molar-refractivity contribution in [2.24, 2.45) is 0 Å². The topological polar surface area (TPSA) is 78.8 Å².